The fourth-order valence-corrected chi connectivity index (χ4v) is 2.14. The molecular weight excluding hydrogens is 216 g/mol. The molecule has 1 aliphatic rings. The molecule has 1 amide bonds. The standard InChI is InChI=1S/C12H18N4O/c1-8-10(5-3-6-14-8)16-12-9(11(13)17)4-2-7-15-12/h2,4,7-8,10,14H,3,5-6H2,1H3,(H2,13,17)(H,15,16). The predicted molar refractivity (Wildman–Crippen MR) is 66.9 cm³/mol. The fourth-order valence-electron chi connectivity index (χ4n) is 2.14. The summed E-state index contributed by atoms with van der Waals surface area (Å²) >= 11 is 0. The molecule has 0 spiro atoms. The van der Waals surface area contributed by atoms with Crippen molar-refractivity contribution in [2.24, 2.45) is 5.73 Å². The normalized spacial score (nSPS) is 24.3. The van der Waals surface area contributed by atoms with Crippen LogP contribution in [0.5, 0.6) is 0 Å². The molecule has 2 heterocycles. The number of hydrogen-bond acceptors (Lipinski definition) is 4. The van der Waals surface area contributed by atoms with E-state index in [4.69, 9.17) is 5.73 Å². The van der Waals surface area contributed by atoms with Gasteiger partial charge in [0, 0.05) is 18.3 Å². The number of aromatic nitrogens is 1. The number of piperidine rings is 1. The lowest BCUT2D eigenvalue weighted by molar-refractivity contribution is 0.100. The molecule has 5 heteroatoms. The average molecular weight is 234 g/mol. The van der Waals surface area contributed by atoms with Crippen LogP contribution in [0, 0.1) is 0 Å². The lowest BCUT2D eigenvalue weighted by atomic mass is 9.99. The van der Waals surface area contributed by atoms with Gasteiger partial charge in [-0.3, -0.25) is 4.79 Å². The second-order valence-corrected chi connectivity index (χ2v) is 4.40. The van der Waals surface area contributed by atoms with Crippen molar-refractivity contribution in [3.63, 3.8) is 0 Å². The Morgan fingerprint density at radius 3 is 3.18 bits per heavy atom. The van der Waals surface area contributed by atoms with Crippen LogP contribution in [0.3, 0.4) is 0 Å². The van der Waals surface area contributed by atoms with Crippen LogP contribution in [0.25, 0.3) is 0 Å². The number of carbonyl (C=O) groups excluding carboxylic acids is 1. The van der Waals surface area contributed by atoms with Crippen molar-refractivity contribution in [1.29, 1.82) is 0 Å². The van der Waals surface area contributed by atoms with Crippen LogP contribution in [0.4, 0.5) is 5.82 Å². The Hall–Kier alpha value is -1.62. The van der Waals surface area contributed by atoms with E-state index in [9.17, 15) is 4.79 Å². The van der Waals surface area contributed by atoms with Crippen molar-refractivity contribution >= 4 is 11.7 Å². The molecule has 0 radical (unpaired) electrons. The molecule has 4 N–H and O–H groups in total. The Balaban J connectivity index is 2.14. The monoisotopic (exact) mass is 234 g/mol. The van der Waals surface area contributed by atoms with Crippen LogP contribution in [0.2, 0.25) is 0 Å². The van der Waals surface area contributed by atoms with Crippen LogP contribution in [-0.2, 0) is 0 Å². The molecule has 1 aromatic heterocycles. The summed E-state index contributed by atoms with van der Waals surface area (Å²) in [6, 6.07) is 4.06. The molecule has 2 atom stereocenters. The van der Waals surface area contributed by atoms with E-state index in [1.165, 1.54) is 0 Å². The van der Waals surface area contributed by atoms with Crippen LogP contribution in [0.1, 0.15) is 30.1 Å². The summed E-state index contributed by atoms with van der Waals surface area (Å²) in [5, 5.41) is 6.70. The predicted octanol–water partition coefficient (Wildman–Crippen LogP) is 0.733. The fraction of sp³-hybridized carbons (Fsp3) is 0.500. The Bertz CT molecular complexity index is 407. The summed E-state index contributed by atoms with van der Waals surface area (Å²) < 4.78 is 0. The first-order valence-corrected chi connectivity index (χ1v) is 5.93. The number of nitrogens with one attached hydrogen (secondary N) is 2. The highest BCUT2D eigenvalue weighted by Crippen LogP contribution is 2.17. The smallest absolute Gasteiger partial charge is 0.252 e. The van der Waals surface area contributed by atoms with E-state index >= 15 is 0 Å². The topological polar surface area (TPSA) is 80.0 Å². The Labute approximate surface area is 101 Å². The summed E-state index contributed by atoms with van der Waals surface area (Å²) in [5.74, 6) is 0.137. The van der Waals surface area contributed by atoms with E-state index in [0.717, 1.165) is 19.4 Å². The molecule has 17 heavy (non-hydrogen) atoms. The van der Waals surface area contributed by atoms with Crippen LogP contribution < -0.4 is 16.4 Å². The number of pyridine rings is 1. The summed E-state index contributed by atoms with van der Waals surface area (Å²) in [7, 11) is 0. The zero-order valence-corrected chi connectivity index (χ0v) is 9.94. The van der Waals surface area contributed by atoms with Gasteiger partial charge in [0.1, 0.15) is 5.82 Å². The highest BCUT2D eigenvalue weighted by Gasteiger charge is 2.22. The Morgan fingerprint density at radius 2 is 2.47 bits per heavy atom. The SMILES string of the molecule is CC1NCCCC1Nc1ncccc1C(N)=O. The van der Waals surface area contributed by atoms with E-state index in [1.807, 2.05) is 0 Å². The molecule has 1 fully saturated rings. The van der Waals surface area contributed by atoms with Gasteiger partial charge in [0.25, 0.3) is 5.91 Å². The van der Waals surface area contributed by atoms with Crippen LogP contribution >= 0.6 is 0 Å². The molecule has 1 aromatic rings. The van der Waals surface area contributed by atoms with Gasteiger partial charge in [-0.15, -0.1) is 0 Å². The minimum absolute atomic E-state index is 0.289. The number of hydrogen-bond donors (Lipinski definition) is 3. The molecule has 92 valence electrons. The molecule has 0 bridgehead atoms. The van der Waals surface area contributed by atoms with Gasteiger partial charge in [0.05, 0.1) is 5.56 Å². The van der Waals surface area contributed by atoms with Gasteiger partial charge in [-0.2, -0.15) is 0 Å². The van der Waals surface area contributed by atoms with E-state index in [1.54, 1.807) is 18.3 Å². The average Bonchev–Trinajstić information content (AvgIpc) is 2.32. The minimum atomic E-state index is -0.447. The van der Waals surface area contributed by atoms with Gasteiger partial charge < -0.3 is 16.4 Å². The molecular formula is C12H18N4O. The number of amides is 1. The summed E-state index contributed by atoms with van der Waals surface area (Å²) in [6.07, 6.45) is 3.86. The first-order valence-electron chi connectivity index (χ1n) is 5.93. The van der Waals surface area contributed by atoms with Crippen molar-refractivity contribution < 1.29 is 4.79 Å². The highest BCUT2D eigenvalue weighted by molar-refractivity contribution is 5.97. The lowest BCUT2D eigenvalue weighted by Gasteiger charge is -2.31. The third kappa shape index (κ3) is 2.74. The number of primary amides is 1. The second-order valence-electron chi connectivity index (χ2n) is 4.40. The number of nitrogens with two attached hydrogens (primary N) is 1. The third-order valence-electron chi connectivity index (χ3n) is 3.16. The number of rotatable bonds is 3. The van der Waals surface area contributed by atoms with E-state index in [2.05, 4.69) is 22.5 Å². The van der Waals surface area contributed by atoms with Crippen molar-refractivity contribution in [2.45, 2.75) is 31.8 Å². The van der Waals surface area contributed by atoms with E-state index in [0.29, 0.717) is 17.4 Å². The molecule has 2 unspecified atom stereocenters. The zero-order valence-electron chi connectivity index (χ0n) is 9.94. The zero-order chi connectivity index (χ0) is 12.3. The summed E-state index contributed by atoms with van der Waals surface area (Å²) in [6.45, 7) is 3.17. The first kappa shape index (κ1) is 11.9. The second kappa shape index (κ2) is 5.14. The minimum Gasteiger partial charge on any atom is -0.365 e. The largest absolute Gasteiger partial charge is 0.365 e. The van der Waals surface area contributed by atoms with Crippen molar-refractivity contribution in [1.82, 2.24) is 10.3 Å². The van der Waals surface area contributed by atoms with Crippen molar-refractivity contribution in [3.8, 4) is 0 Å². The maximum Gasteiger partial charge on any atom is 0.252 e. The molecule has 0 aromatic carbocycles. The lowest BCUT2D eigenvalue weighted by Crippen LogP contribution is -2.46. The highest BCUT2D eigenvalue weighted by atomic mass is 16.1. The number of carbonyl (C=O) groups is 1. The summed E-state index contributed by atoms with van der Waals surface area (Å²) in [5.41, 5.74) is 5.77. The molecule has 1 aliphatic heterocycles. The van der Waals surface area contributed by atoms with Gasteiger partial charge in [0.2, 0.25) is 0 Å². The van der Waals surface area contributed by atoms with E-state index < -0.39 is 5.91 Å². The maximum absolute atomic E-state index is 11.3. The Kier molecular flexibility index (Phi) is 3.58. The third-order valence-corrected chi connectivity index (χ3v) is 3.16. The molecule has 0 saturated carbocycles. The quantitative estimate of drug-likeness (QED) is 0.720. The van der Waals surface area contributed by atoms with Gasteiger partial charge in [-0.25, -0.2) is 4.98 Å². The molecule has 2 rings (SSSR count). The Morgan fingerprint density at radius 1 is 1.65 bits per heavy atom. The van der Waals surface area contributed by atoms with Crippen LogP contribution in [0.15, 0.2) is 18.3 Å². The van der Waals surface area contributed by atoms with Crippen molar-refractivity contribution in [2.75, 3.05) is 11.9 Å². The molecule has 1 saturated heterocycles. The van der Waals surface area contributed by atoms with Gasteiger partial charge >= 0.3 is 0 Å². The number of nitrogens with zero attached hydrogens (tertiary/aromatic N) is 1. The number of anilines is 1. The summed E-state index contributed by atoms with van der Waals surface area (Å²) in [4.78, 5) is 15.5. The van der Waals surface area contributed by atoms with Crippen LogP contribution in [-0.4, -0.2) is 29.5 Å². The van der Waals surface area contributed by atoms with Gasteiger partial charge in [0.15, 0.2) is 0 Å². The van der Waals surface area contributed by atoms with Crippen molar-refractivity contribution in [3.05, 3.63) is 23.9 Å². The maximum atomic E-state index is 11.3. The van der Waals surface area contributed by atoms with Gasteiger partial charge in [-0.1, -0.05) is 0 Å². The van der Waals surface area contributed by atoms with Gasteiger partial charge in [-0.05, 0) is 38.4 Å². The first-order chi connectivity index (χ1) is 8.18. The van der Waals surface area contributed by atoms with E-state index in [-0.39, 0.29) is 6.04 Å². The molecule has 0 aliphatic carbocycles. The molecule has 5 nitrogen and oxygen atoms in total.